The number of nitrogens with one attached hydrogen (secondary N) is 2. The van der Waals surface area contributed by atoms with Crippen LogP contribution in [0, 0.1) is 11.5 Å². The van der Waals surface area contributed by atoms with Crippen LogP contribution in [-0.4, -0.2) is 65.8 Å². The number of rotatable bonds is 4. The van der Waals surface area contributed by atoms with E-state index < -0.39 is 6.04 Å². The van der Waals surface area contributed by atoms with Crippen molar-refractivity contribution < 1.29 is 9.59 Å². The van der Waals surface area contributed by atoms with Crippen LogP contribution in [0.4, 0.5) is 0 Å². The summed E-state index contributed by atoms with van der Waals surface area (Å²) in [5, 5.41) is 14.9. The number of nitrogens with zero attached hydrogens (tertiary/aromatic N) is 4. The molecule has 0 aromatic heterocycles. The molecule has 8 heteroatoms. The average molecular weight is 374 g/mol. The van der Waals surface area contributed by atoms with Gasteiger partial charge in [-0.3, -0.25) is 14.9 Å². The topological polar surface area (TPSA) is 101 Å². The van der Waals surface area contributed by atoms with E-state index in [-0.39, 0.29) is 18.4 Å². The molecular formula is C19H30N6O2. The minimum atomic E-state index is -0.538. The zero-order chi connectivity index (χ0) is 19.1. The molecule has 3 fully saturated rings. The van der Waals surface area contributed by atoms with E-state index in [2.05, 4.69) is 15.6 Å². The Morgan fingerprint density at radius 2 is 1.74 bits per heavy atom. The summed E-state index contributed by atoms with van der Waals surface area (Å²) in [5.74, 6) is 0.311. The molecule has 0 aromatic rings. The maximum Gasteiger partial charge on any atom is 0.247 e. The number of aliphatic imine (C=N–C) groups is 1. The summed E-state index contributed by atoms with van der Waals surface area (Å²) in [4.78, 5) is 33.5. The first-order valence-electron chi connectivity index (χ1n) is 10.2. The standard InChI is InChI=1S/C19H30N6O2/c20-14-21-19(22-15-7-1-2-8-15)23-16-9-3-4-12-25(18(16)27)13-17(26)24-10-5-6-11-24/h15-16H,1-13H2,(H2,21,22,23). The van der Waals surface area contributed by atoms with Crippen LogP contribution in [0.5, 0.6) is 0 Å². The molecule has 1 unspecified atom stereocenters. The maximum absolute atomic E-state index is 13.0. The van der Waals surface area contributed by atoms with Crippen LogP contribution in [0.3, 0.4) is 0 Å². The smallest absolute Gasteiger partial charge is 0.247 e. The number of hydrogen-bond donors (Lipinski definition) is 2. The van der Waals surface area contributed by atoms with E-state index in [0.717, 1.165) is 51.6 Å². The minimum Gasteiger partial charge on any atom is -0.353 e. The first kappa shape index (κ1) is 19.5. The molecule has 2 N–H and O–H groups in total. The van der Waals surface area contributed by atoms with Crippen molar-refractivity contribution in [1.82, 2.24) is 20.4 Å². The number of amides is 2. The van der Waals surface area contributed by atoms with Crippen LogP contribution in [0.1, 0.15) is 57.8 Å². The number of nitriles is 1. The Hall–Kier alpha value is -2.30. The second-order valence-corrected chi connectivity index (χ2v) is 7.70. The van der Waals surface area contributed by atoms with Gasteiger partial charge in [-0.25, -0.2) is 4.99 Å². The highest BCUT2D eigenvalue weighted by atomic mass is 16.2. The van der Waals surface area contributed by atoms with Gasteiger partial charge in [0.1, 0.15) is 6.04 Å². The molecular weight excluding hydrogens is 344 g/mol. The average Bonchev–Trinajstić information content (AvgIpc) is 3.34. The second-order valence-electron chi connectivity index (χ2n) is 7.70. The zero-order valence-electron chi connectivity index (χ0n) is 16.0. The second kappa shape index (κ2) is 9.58. The SMILES string of the molecule is N#CNC(=NC1CCCCN(CC(=O)N2CCCC2)C1=O)NC1CCCC1. The van der Waals surface area contributed by atoms with E-state index >= 15 is 0 Å². The first-order chi connectivity index (χ1) is 13.2. The normalized spacial score (nSPS) is 24.6. The Balaban J connectivity index is 1.65. The Morgan fingerprint density at radius 3 is 2.44 bits per heavy atom. The number of hydrogen-bond acceptors (Lipinski definition) is 4. The number of carbonyl (C=O) groups is 2. The number of carbonyl (C=O) groups excluding carboxylic acids is 2. The molecule has 0 bridgehead atoms. The predicted octanol–water partition coefficient (Wildman–Crippen LogP) is 0.949. The molecule has 2 amide bonds. The highest BCUT2D eigenvalue weighted by Gasteiger charge is 2.30. The molecule has 0 spiro atoms. The van der Waals surface area contributed by atoms with Crippen LogP contribution >= 0.6 is 0 Å². The largest absolute Gasteiger partial charge is 0.353 e. The molecule has 2 aliphatic heterocycles. The highest BCUT2D eigenvalue weighted by Crippen LogP contribution is 2.19. The van der Waals surface area contributed by atoms with Crippen molar-refractivity contribution in [3.8, 4) is 6.19 Å². The third-order valence-electron chi connectivity index (χ3n) is 5.69. The molecule has 0 aromatic carbocycles. The Morgan fingerprint density at radius 1 is 1.07 bits per heavy atom. The van der Waals surface area contributed by atoms with Gasteiger partial charge in [-0.2, -0.15) is 5.26 Å². The van der Waals surface area contributed by atoms with Gasteiger partial charge in [0.2, 0.25) is 17.8 Å². The Kier molecular flexibility index (Phi) is 6.91. The van der Waals surface area contributed by atoms with E-state index in [1.165, 1.54) is 12.8 Å². The lowest BCUT2D eigenvalue weighted by molar-refractivity contribution is -0.140. The van der Waals surface area contributed by atoms with E-state index in [0.29, 0.717) is 25.0 Å². The van der Waals surface area contributed by atoms with E-state index in [9.17, 15) is 9.59 Å². The van der Waals surface area contributed by atoms with E-state index in [1.807, 2.05) is 11.1 Å². The van der Waals surface area contributed by atoms with Crippen molar-refractivity contribution >= 4 is 17.8 Å². The molecule has 3 rings (SSSR count). The van der Waals surface area contributed by atoms with Gasteiger partial charge in [-0.05, 0) is 44.9 Å². The van der Waals surface area contributed by atoms with Crippen LogP contribution in [-0.2, 0) is 9.59 Å². The molecule has 1 atom stereocenters. The lowest BCUT2D eigenvalue weighted by Gasteiger charge is -2.25. The van der Waals surface area contributed by atoms with Gasteiger partial charge >= 0.3 is 0 Å². The van der Waals surface area contributed by atoms with Crippen LogP contribution in [0.15, 0.2) is 4.99 Å². The third-order valence-corrected chi connectivity index (χ3v) is 5.69. The number of guanidine groups is 1. The van der Waals surface area contributed by atoms with Crippen molar-refractivity contribution in [2.45, 2.75) is 69.9 Å². The summed E-state index contributed by atoms with van der Waals surface area (Å²) in [5.41, 5.74) is 0. The third kappa shape index (κ3) is 5.34. The molecule has 0 radical (unpaired) electrons. The number of likely N-dealkylation sites (tertiary alicyclic amines) is 2. The van der Waals surface area contributed by atoms with Crippen molar-refractivity contribution in [3.05, 3.63) is 0 Å². The van der Waals surface area contributed by atoms with Crippen molar-refractivity contribution in [1.29, 1.82) is 5.26 Å². The molecule has 1 aliphatic carbocycles. The predicted molar refractivity (Wildman–Crippen MR) is 102 cm³/mol. The fraction of sp³-hybridized carbons (Fsp3) is 0.789. The summed E-state index contributed by atoms with van der Waals surface area (Å²) in [6, 6.07) is -0.234. The van der Waals surface area contributed by atoms with Gasteiger partial charge in [0.05, 0.1) is 6.54 Å². The maximum atomic E-state index is 13.0. The van der Waals surface area contributed by atoms with Crippen LogP contribution in [0.2, 0.25) is 0 Å². The fourth-order valence-electron chi connectivity index (χ4n) is 4.17. The molecule has 27 heavy (non-hydrogen) atoms. The fourth-order valence-corrected chi connectivity index (χ4v) is 4.17. The van der Waals surface area contributed by atoms with E-state index in [4.69, 9.17) is 5.26 Å². The van der Waals surface area contributed by atoms with Crippen LogP contribution in [0.25, 0.3) is 0 Å². The Bertz CT molecular complexity index is 602. The first-order valence-corrected chi connectivity index (χ1v) is 10.2. The van der Waals surface area contributed by atoms with Gasteiger partial charge in [-0.1, -0.05) is 12.8 Å². The summed E-state index contributed by atoms with van der Waals surface area (Å²) >= 11 is 0. The quantitative estimate of drug-likeness (QED) is 0.330. The van der Waals surface area contributed by atoms with Gasteiger partial charge in [0.25, 0.3) is 0 Å². The molecule has 3 aliphatic rings. The van der Waals surface area contributed by atoms with Crippen molar-refractivity contribution in [2.75, 3.05) is 26.2 Å². The summed E-state index contributed by atoms with van der Waals surface area (Å²) in [6.45, 7) is 2.33. The highest BCUT2D eigenvalue weighted by molar-refractivity contribution is 5.90. The molecule has 1 saturated carbocycles. The molecule has 2 heterocycles. The van der Waals surface area contributed by atoms with Gasteiger partial charge in [0.15, 0.2) is 6.19 Å². The monoisotopic (exact) mass is 374 g/mol. The summed E-state index contributed by atoms with van der Waals surface area (Å²) in [6.07, 6.45) is 10.9. The lowest BCUT2D eigenvalue weighted by Crippen LogP contribution is -2.46. The molecule has 8 nitrogen and oxygen atoms in total. The summed E-state index contributed by atoms with van der Waals surface area (Å²) < 4.78 is 0. The molecule has 148 valence electrons. The summed E-state index contributed by atoms with van der Waals surface area (Å²) in [7, 11) is 0. The van der Waals surface area contributed by atoms with Crippen LogP contribution < -0.4 is 10.6 Å². The minimum absolute atomic E-state index is 0.0323. The molecule has 2 saturated heterocycles. The van der Waals surface area contributed by atoms with Gasteiger partial charge < -0.3 is 15.1 Å². The van der Waals surface area contributed by atoms with Gasteiger partial charge in [-0.15, -0.1) is 0 Å². The van der Waals surface area contributed by atoms with Crippen molar-refractivity contribution in [2.24, 2.45) is 4.99 Å². The lowest BCUT2D eigenvalue weighted by atomic mass is 10.1. The van der Waals surface area contributed by atoms with Gasteiger partial charge in [0, 0.05) is 25.7 Å². The van der Waals surface area contributed by atoms with E-state index in [1.54, 1.807) is 4.90 Å². The Labute approximate surface area is 161 Å². The zero-order valence-corrected chi connectivity index (χ0v) is 16.0. The van der Waals surface area contributed by atoms with Crippen molar-refractivity contribution in [3.63, 3.8) is 0 Å².